The number of nitrogens with zero attached hydrogens (tertiary/aromatic N) is 1. The summed E-state index contributed by atoms with van der Waals surface area (Å²) >= 11 is 9.24. The Bertz CT molecular complexity index is 1930. The van der Waals surface area contributed by atoms with Crippen LogP contribution in [0.1, 0.15) is 22.8 Å². The van der Waals surface area contributed by atoms with Gasteiger partial charge in [-0.3, -0.25) is 9.59 Å². The molecule has 11 heteroatoms. The molecule has 5 rings (SSSR count). The highest BCUT2D eigenvalue weighted by molar-refractivity contribution is 9.10. The third-order valence-corrected chi connectivity index (χ3v) is 8.22. The molecule has 0 bridgehead atoms. The molecule has 0 saturated carbocycles. The highest BCUT2D eigenvalue weighted by Crippen LogP contribution is 2.29. The van der Waals surface area contributed by atoms with Gasteiger partial charge in [0.15, 0.2) is 5.43 Å². The average Bonchev–Trinajstić information content (AvgIpc) is 2.97. The maximum atomic E-state index is 12.4. The topological polar surface area (TPSA) is 73.3 Å². The van der Waals surface area contributed by atoms with Crippen molar-refractivity contribution < 1.29 is 22.6 Å². The smallest absolute Gasteiger partial charge is 0.457 e. The van der Waals surface area contributed by atoms with E-state index in [1.54, 1.807) is 36.4 Å². The second kappa shape index (κ2) is 13.8. The Labute approximate surface area is 271 Å². The van der Waals surface area contributed by atoms with E-state index < -0.39 is 6.36 Å². The van der Waals surface area contributed by atoms with E-state index >= 15 is 0 Å². The van der Waals surface area contributed by atoms with Gasteiger partial charge in [0.05, 0.1) is 4.47 Å². The molecule has 0 aliphatic heterocycles. The van der Waals surface area contributed by atoms with Gasteiger partial charge in [0.25, 0.3) is 0 Å². The summed E-state index contributed by atoms with van der Waals surface area (Å²) in [5.41, 5.74) is 6.31. The Morgan fingerprint density at radius 2 is 1.24 bits per heavy atom. The SMILES string of the molecule is Cc1c(Br)c(=O)c(-c2ccc(Cl)cc2)c(C)n1C.Cc1cc(=O)c(-c2ccc(Oc3ccc(OC(F)(F)F)cc3)cc2)c(C)[nH]1. The number of aryl methyl sites for hydroxylation is 2. The predicted octanol–water partition coefficient (Wildman–Crippen LogP) is 9.43. The number of halogens is 5. The van der Waals surface area contributed by atoms with Crippen LogP contribution in [0.15, 0.2) is 92.9 Å². The zero-order chi connectivity index (χ0) is 33.1. The van der Waals surface area contributed by atoms with E-state index in [-0.39, 0.29) is 16.6 Å². The van der Waals surface area contributed by atoms with Crippen molar-refractivity contribution in [2.24, 2.45) is 7.05 Å². The zero-order valence-electron chi connectivity index (χ0n) is 25.0. The maximum Gasteiger partial charge on any atom is 0.573 e. The molecule has 0 amide bonds. The van der Waals surface area contributed by atoms with Gasteiger partial charge in [-0.25, -0.2) is 0 Å². The molecule has 5 aromatic rings. The summed E-state index contributed by atoms with van der Waals surface area (Å²) in [7, 11) is 1.95. The molecule has 1 N–H and O–H groups in total. The molecule has 0 unspecified atom stereocenters. The lowest BCUT2D eigenvalue weighted by Crippen LogP contribution is -2.16. The van der Waals surface area contributed by atoms with Gasteiger partial charge in [0.2, 0.25) is 5.43 Å². The fraction of sp³-hybridized carbons (Fsp3) is 0.176. The molecule has 2 aromatic heterocycles. The second-order valence-corrected chi connectivity index (χ2v) is 11.4. The number of nitrogens with one attached hydrogen (secondary N) is 1. The van der Waals surface area contributed by atoms with Crippen molar-refractivity contribution in [2.75, 3.05) is 0 Å². The molecule has 0 spiro atoms. The zero-order valence-corrected chi connectivity index (χ0v) is 27.3. The second-order valence-electron chi connectivity index (χ2n) is 10.2. The van der Waals surface area contributed by atoms with Crippen LogP contribution in [0.3, 0.4) is 0 Å². The number of aromatic amines is 1. The van der Waals surface area contributed by atoms with Crippen molar-refractivity contribution in [1.82, 2.24) is 9.55 Å². The largest absolute Gasteiger partial charge is 0.573 e. The number of hydrogen-bond donors (Lipinski definition) is 1. The highest BCUT2D eigenvalue weighted by atomic mass is 79.9. The Kier molecular flexibility index (Phi) is 10.3. The van der Waals surface area contributed by atoms with Gasteiger partial charge in [-0.2, -0.15) is 0 Å². The van der Waals surface area contributed by atoms with Crippen LogP contribution in [-0.4, -0.2) is 15.9 Å². The summed E-state index contributed by atoms with van der Waals surface area (Å²) in [5.74, 6) is 0.533. The standard InChI is InChI=1S/C20H16F3NO3.C14H13BrClNO/c1-12-11-18(25)19(13(2)24-12)14-3-5-15(6-4-14)26-16-7-9-17(10-8-16)27-20(21,22)23;1-8-12(10-4-6-11(16)7-5-10)14(18)13(15)9(2)17(8)3/h3-11H,1-2H3,(H,24,25);4-7H,1-3H3. The monoisotopic (exact) mass is 700 g/mol. The summed E-state index contributed by atoms with van der Waals surface area (Å²) in [4.78, 5) is 27.7. The lowest BCUT2D eigenvalue weighted by molar-refractivity contribution is -0.274. The van der Waals surface area contributed by atoms with Gasteiger partial charge in [-0.1, -0.05) is 35.9 Å². The fourth-order valence-electron chi connectivity index (χ4n) is 4.70. The first-order valence-electron chi connectivity index (χ1n) is 13.6. The first-order valence-corrected chi connectivity index (χ1v) is 14.8. The van der Waals surface area contributed by atoms with Crippen molar-refractivity contribution in [3.8, 4) is 39.5 Å². The lowest BCUT2D eigenvalue weighted by atomic mass is 10.0. The van der Waals surface area contributed by atoms with Crippen molar-refractivity contribution in [1.29, 1.82) is 0 Å². The highest BCUT2D eigenvalue weighted by Gasteiger charge is 2.31. The summed E-state index contributed by atoms with van der Waals surface area (Å²) in [6.45, 7) is 7.52. The van der Waals surface area contributed by atoms with Crippen LogP contribution in [0.5, 0.6) is 17.2 Å². The number of ether oxygens (including phenoxy) is 2. The van der Waals surface area contributed by atoms with E-state index in [1.165, 1.54) is 30.3 Å². The first kappa shape index (κ1) is 33.6. The van der Waals surface area contributed by atoms with Crippen LogP contribution < -0.4 is 20.3 Å². The quantitative estimate of drug-likeness (QED) is 0.198. The Hall–Kier alpha value is -4.28. The molecular formula is C34H29BrClF3N2O4. The molecule has 0 atom stereocenters. The molecule has 0 saturated heterocycles. The minimum absolute atomic E-state index is 0.0189. The van der Waals surface area contributed by atoms with E-state index in [0.717, 1.165) is 33.9 Å². The normalized spacial score (nSPS) is 11.1. The van der Waals surface area contributed by atoms with Crippen LogP contribution in [-0.2, 0) is 7.05 Å². The number of alkyl halides is 3. The van der Waals surface area contributed by atoms with Gasteiger partial charge in [-0.15, -0.1) is 13.2 Å². The first-order chi connectivity index (χ1) is 21.1. The lowest BCUT2D eigenvalue weighted by Gasteiger charge is -2.15. The summed E-state index contributed by atoms with van der Waals surface area (Å²) in [6.07, 6.45) is -4.73. The molecule has 2 heterocycles. The Morgan fingerprint density at radius 1 is 0.756 bits per heavy atom. The van der Waals surface area contributed by atoms with Crippen molar-refractivity contribution in [3.63, 3.8) is 0 Å². The van der Waals surface area contributed by atoms with Crippen LogP contribution in [0.2, 0.25) is 5.02 Å². The van der Waals surface area contributed by atoms with E-state index in [1.807, 2.05) is 51.4 Å². The van der Waals surface area contributed by atoms with Crippen LogP contribution >= 0.6 is 27.5 Å². The fourth-order valence-corrected chi connectivity index (χ4v) is 5.29. The molecule has 0 fully saturated rings. The number of aromatic nitrogens is 2. The van der Waals surface area contributed by atoms with Crippen molar-refractivity contribution >= 4 is 27.5 Å². The minimum Gasteiger partial charge on any atom is -0.457 e. The molecule has 45 heavy (non-hydrogen) atoms. The third kappa shape index (κ3) is 8.26. The molecule has 234 valence electrons. The van der Waals surface area contributed by atoms with Crippen LogP contribution in [0, 0.1) is 27.7 Å². The molecule has 0 aliphatic carbocycles. The van der Waals surface area contributed by atoms with Crippen molar-refractivity contribution in [2.45, 2.75) is 34.1 Å². The predicted molar refractivity (Wildman–Crippen MR) is 174 cm³/mol. The number of pyridine rings is 2. The minimum atomic E-state index is -4.73. The molecule has 0 aliphatic rings. The number of hydrogen-bond acceptors (Lipinski definition) is 4. The van der Waals surface area contributed by atoms with Gasteiger partial charge in [-0.05, 0) is 103 Å². The maximum absolute atomic E-state index is 12.4. The number of H-pyrrole nitrogens is 1. The van der Waals surface area contributed by atoms with Gasteiger partial charge >= 0.3 is 6.36 Å². The van der Waals surface area contributed by atoms with Crippen LogP contribution in [0.4, 0.5) is 13.2 Å². The summed E-state index contributed by atoms with van der Waals surface area (Å²) < 4.78 is 48.5. The summed E-state index contributed by atoms with van der Waals surface area (Å²) in [6, 6.07) is 20.9. The van der Waals surface area contributed by atoms with E-state index in [4.69, 9.17) is 16.3 Å². The Balaban J connectivity index is 0.000000222. The van der Waals surface area contributed by atoms with E-state index in [2.05, 4.69) is 25.7 Å². The Morgan fingerprint density at radius 3 is 1.78 bits per heavy atom. The molecule has 0 radical (unpaired) electrons. The van der Waals surface area contributed by atoms with E-state index in [0.29, 0.717) is 32.1 Å². The molecular weight excluding hydrogens is 673 g/mol. The van der Waals surface area contributed by atoms with Crippen molar-refractivity contribution in [3.05, 3.63) is 132 Å². The van der Waals surface area contributed by atoms with E-state index in [9.17, 15) is 22.8 Å². The molecule has 3 aromatic carbocycles. The van der Waals surface area contributed by atoms with Gasteiger partial charge < -0.3 is 19.0 Å². The third-order valence-electron chi connectivity index (χ3n) is 7.03. The number of rotatable bonds is 5. The average molecular weight is 702 g/mol. The molecule has 6 nitrogen and oxygen atoms in total. The van der Waals surface area contributed by atoms with Gasteiger partial charge in [0.1, 0.15) is 17.2 Å². The van der Waals surface area contributed by atoms with Crippen LogP contribution in [0.25, 0.3) is 22.3 Å². The summed E-state index contributed by atoms with van der Waals surface area (Å²) in [5, 5.41) is 0.666. The number of benzene rings is 3. The van der Waals surface area contributed by atoms with Gasteiger partial charge in [0, 0.05) is 52.0 Å².